The number of methoxy groups -OCH3 is 1. The van der Waals surface area contributed by atoms with Gasteiger partial charge in [-0.25, -0.2) is 0 Å². The predicted molar refractivity (Wildman–Crippen MR) is 107 cm³/mol. The second-order valence-corrected chi connectivity index (χ2v) is 10.6. The minimum Gasteiger partial charge on any atom is -0.497 e. The van der Waals surface area contributed by atoms with E-state index >= 15 is 0 Å². The molecular weight excluding hydrogens is 352 g/mol. The van der Waals surface area contributed by atoms with E-state index in [1.165, 1.54) is 0 Å². The molecule has 2 aliphatic carbocycles. The van der Waals surface area contributed by atoms with Gasteiger partial charge in [0.1, 0.15) is 17.3 Å². The molecule has 4 atom stereocenters. The normalized spacial score (nSPS) is 36.4. The zero-order valence-electron chi connectivity index (χ0n) is 17.7. The van der Waals surface area contributed by atoms with E-state index in [0.29, 0.717) is 12.8 Å². The van der Waals surface area contributed by atoms with Crippen LogP contribution in [0.3, 0.4) is 0 Å². The van der Waals surface area contributed by atoms with Gasteiger partial charge in [0.05, 0.1) is 31.2 Å². The zero-order chi connectivity index (χ0) is 20.3. The third kappa shape index (κ3) is 3.41. The molecule has 0 spiro atoms. The summed E-state index contributed by atoms with van der Waals surface area (Å²) in [6.45, 7) is 8.58. The summed E-state index contributed by atoms with van der Waals surface area (Å²) in [7, 11) is 1.65. The highest BCUT2D eigenvalue weighted by Gasteiger charge is 2.57. The van der Waals surface area contributed by atoms with Crippen molar-refractivity contribution in [3.05, 3.63) is 29.8 Å². The second-order valence-electron chi connectivity index (χ2n) is 10.6. The number of benzene rings is 1. The van der Waals surface area contributed by atoms with Crippen LogP contribution >= 0.6 is 0 Å². The van der Waals surface area contributed by atoms with Crippen molar-refractivity contribution < 1.29 is 19.1 Å². The minimum atomic E-state index is -0.244. The summed E-state index contributed by atoms with van der Waals surface area (Å²) in [5.74, 6) is 0.642. The van der Waals surface area contributed by atoms with Crippen LogP contribution in [0, 0.1) is 22.7 Å². The van der Waals surface area contributed by atoms with E-state index in [2.05, 4.69) is 27.7 Å². The summed E-state index contributed by atoms with van der Waals surface area (Å²) >= 11 is 0. The number of Topliss-reactive ketones (excluding diaryl/α,β-unsaturated/α-hetero) is 2. The van der Waals surface area contributed by atoms with Gasteiger partial charge >= 0.3 is 0 Å². The molecule has 1 aliphatic heterocycles. The van der Waals surface area contributed by atoms with Crippen LogP contribution in [0.1, 0.15) is 64.9 Å². The van der Waals surface area contributed by atoms with Crippen molar-refractivity contribution in [1.82, 2.24) is 0 Å². The number of rotatable bonds is 2. The van der Waals surface area contributed by atoms with Crippen molar-refractivity contribution in [3.63, 3.8) is 0 Å². The number of ether oxygens (including phenoxy) is 2. The fourth-order valence-electron chi connectivity index (χ4n) is 5.92. The largest absolute Gasteiger partial charge is 0.497 e. The van der Waals surface area contributed by atoms with Crippen molar-refractivity contribution in [2.75, 3.05) is 7.11 Å². The van der Waals surface area contributed by atoms with Gasteiger partial charge in [-0.15, -0.1) is 0 Å². The van der Waals surface area contributed by atoms with E-state index in [-0.39, 0.29) is 52.4 Å². The van der Waals surface area contributed by atoms with Crippen LogP contribution in [0.2, 0.25) is 0 Å². The Morgan fingerprint density at radius 1 is 0.893 bits per heavy atom. The highest BCUT2D eigenvalue weighted by molar-refractivity contribution is 5.89. The topological polar surface area (TPSA) is 52.6 Å². The van der Waals surface area contributed by atoms with Crippen molar-refractivity contribution in [2.24, 2.45) is 22.7 Å². The van der Waals surface area contributed by atoms with Gasteiger partial charge in [-0.05, 0) is 41.4 Å². The first-order valence-electron chi connectivity index (χ1n) is 10.5. The molecule has 3 fully saturated rings. The Morgan fingerprint density at radius 3 is 1.93 bits per heavy atom. The first-order valence-corrected chi connectivity index (χ1v) is 10.5. The smallest absolute Gasteiger partial charge is 0.139 e. The van der Waals surface area contributed by atoms with Gasteiger partial charge in [-0.2, -0.15) is 0 Å². The number of ketones is 2. The Labute approximate surface area is 168 Å². The maximum absolute atomic E-state index is 13.3. The van der Waals surface area contributed by atoms with E-state index in [1.807, 2.05) is 24.3 Å². The fourth-order valence-corrected chi connectivity index (χ4v) is 5.92. The summed E-state index contributed by atoms with van der Waals surface area (Å²) in [5, 5.41) is 0. The van der Waals surface area contributed by atoms with Crippen molar-refractivity contribution >= 4 is 11.6 Å². The highest BCUT2D eigenvalue weighted by atomic mass is 16.5. The highest BCUT2D eigenvalue weighted by Crippen LogP contribution is 2.55. The van der Waals surface area contributed by atoms with Gasteiger partial charge in [-0.3, -0.25) is 9.59 Å². The molecule has 0 aromatic heterocycles. The zero-order valence-corrected chi connectivity index (χ0v) is 17.7. The second kappa shape index (κ2) is 6.69. The quantitative estimate of drug-likeness (QED) is 0.750. The first-order chi connectivity index (χ1) is 13.1. The number of fused-ring (bicyclic) bond motifs is 2. The molecule has 0 N–H and O–H groups in total. The molecule has 4 nitrogen and oxygen atoms in total. The summed E-state index contributed by atoms with van der Waals surface area (Å²) in [4.78, 5) is 26.5. The number of hydrogen-bond donors (Lipinski definition) is 0. The summed E-state index contributed by atoms with van der Waals surface area (Å²) < 4.78 is 12.0. The molecule has 4 rings (SSSR count). The van der Waals surface area contributed by atoms with E-state index in [0.717, 1.165) is 24.2 Å². The minimum absolute atomic E-state index is 0.0573. The number of carbonyl (C=O) groups excluding carboxylic acids is 2. The summed E-state index contributed by atoms with van der Waals surface area (Å²) in [6.07, 6.45) is 2.60. The lowest BCUT2D eigenvalue weighted by Gasteiger charge is -2.54. The Balaban J connectivity index is 1.80. The molecular formula is C24H32O4. The molecule has 28 heavy (non-hydrogen) atoms. The van der Waals surface area contributed by atoms with Gasteiger partial charge in [0.2, 0.25) is 0 Å². The van der Waals surface area contributed by atoms with Gasteiger partial charge in [0, 0.05) is 18.8 Å². The lowest BCUT2D eigenvalue weighted by molar-refractivity contribution is -0.186. The van der Waals surface area contributed by atoms with Crippen LogP contribution < -0.4 is 4.74 Å². The van der Waals surface area contributed by atoms with Crippen LogP contribution in [-0.4, -0.2) is 30.9 Å². The molecule has 1 aromatic carbocycles. The van der Waals surface area contributed by atoms with Gasteiger partial charge in [0.15, 0.2) is 0 Å². The maximum Gasteiger partial charge on any atom is 0.139 e. The molecule has 0 bridgehead atoms. The van der Waals surface area contributed by atoms with Crippen LogP contribution in [0.15, 0.2) is 24.3 Å². The van der Waals surface area contributed by atoms with Crippen molar-refractivity contribution in [1.29, 1.82) is 0 Å². The molecule has 1 saturated heterocycles. The number of hydrogen-bond acceptors (Lipinski definition) is 4. The fraction of sp³-hybridized carbons (Fsp3) is 0.667. The molecule has 1 heterocycles. The molecule has 0 amide bonds. The first kappa shape index (κ1) is 19.6. The van der Waals surface area contributed by atoms with E-state index in [1.54, 1.807) is 7.11 Å². The Hall–Kier alpha value is -1.68. The molecule has 4 heteroatoms. The molecule has 2 saturated carbocycles. The molecule has 4 unspecified atom stereocenters. The van der Waals surface area contributed by atoms with E-state index in [4.69, 9.17) is 9.47 Å². The summed E-state index contributed by atoms with van der Waals surface area (Å²) in [6, 6.07) is 7.92. The van der Waals surface area contributed by atoms with Gasteiger partial charge < -0.3 is 9.47 Å². The standard InChI is InChI=1S/C24H32O4/c1-23(2)10-16(25)21-18(12-23)28-19-13-24(3,4)11-17(26)22(19)20(21)14-7-6-8-15(9-14)27-5/h6-9,18-22H,10-13H2,1-5H3. The molecule has 152 valence electrons. The number of carbonyl (C=O) groups is 2. The Bertz CT molecular complexity index is 752. The van der Waals surface area contributed by atoms with E-state index < -0.39 is 0 Å². The van der Waals surface area contributed by atoms with Crippen LogP contribution in [-0.2, 0) is 14.3 Å². The third-order valence-electron chi connectivity index (χ3n) is 6.96. The van der Waals surface area contributed by atoms with Crippen LogP contribution in [0.5, 0.6) is 5.75 Å². The van der Waals surface area contributed by atoms with E-state index in [9.17, 15) is 9.59 Å². The maximum atomic E-state index is 13.3. The van der Waals surface area contributed by atoms with Crippen LogP contribution in [0.25, 0.3) is 0 Å². The average molecular weight is 385 g/mol. The van der Waals surface area contributed by atoms with Gasteiger partial charge in [0.25, 0.3) is 0 Å². The van der Waals surface area contributed by atoms with Crippen molar-refractivity contribution in [2.45, 2.75) is 71.5 Å². The van der Waals surface area contributed by atoms with Gasteiger partial charge in [-0.1, -0.05) is 39.8 Å². The average Bonchev–Trinajstić information content (AvgIpc) is 2.57. The third-order valence-corrected chi connectivity index (χ3v) is 6.96. The monoisotopic (exact) mass is 384 g/mol. The SMILES string of the molecule is COc1cccc(C2C3C(=O)CC(C)(C)CC3OC3CC(C)(C)CC(=O)C32)c1. The lowest BCUT2D eigenvalue weighted by atomic mass is 9.56. The Morgan fingerprint density at radius 2 is 1.43 bits per heavy atom. The summed E-state index contributed by atoms with van der Waals surface area (Å²) in [5.41, 5.74) is 0.921. The van der Waals surface area contributed by atoms with Crippen LogP contribution in [0.4, 0.5) is 0 Å². The predicted octanol–water partition coefficient (Wildman–Crippen LogP) is 4.56. The lowest BCUT2D eigenvalue weighted by Crippen LogP contribution is -2.58. The molecule has 0 radical (unpaired) electrons. The van der Waals surface area contributed by atoms with Crippen molar-refractivity contribution in [3.8, 4) is 5.75 Å². The molecule has 1 aromatic rings. The Kier molecular flexibility index (Phi) is 4.69. The molecule has 3 aliphatic rings.